The fourth-order valence-corrected chi connectivity index (χ4v) is 2.99. The third-order valence-electron chi connectivity index (χ3n) is 3.30. The van der Waals surface area contributed by atoms with Crippen molar-refractivity contribution >= 4 is 22.5 Å². The van der Waals surface area contributed by atoms with Gasteiger partial charge in [-0.15, -0.1) is 22.0 Å². The minimum atomic E-state index is 0.842. The van der Waals surface area contributed by atoms with Gasteiger partial charge in [0.25, 0.3) is 0 Å². The van der Waals surface area contributed by atoms with Gasteiger partial charge in [0.15, 0.2) is 0 Å². The number of aromatic nitrogens is 2. The Hall–Kier alpha value is -2.07. The molecule has 0 bridgehead atoms. The zero-order valence-corrected chi connectivity index (χ0v) is 12.9. The lowest BCUT2D eigenvalue weighted by Crippen LogP contribution is -1.94. The molecule has 0 radical (unpaired) electrons. The molecule has 0 saturated carbocycles. The van der Waals surface area contributed by atoms with E-state index in [4.69, 9.17) is 4.74 Å². The monoisotopic (exact) mass is 296 g/mol. The molecular weight excluding hydrogens is 280 g/mol. The van der Waals surface area contributed by atoms with E-state index < -0.39 is 0 Å². The van der Waals surface area contributed by atoms with Gasteiger partial charge in [-0.3, -0.25) is 0 Å². The van der Waals surface area contributed by atoms with Crippen LogP contribution in [0.15, 0.2) is 53.6 Å². The van der Waals surface area contributed by atoms with E-state index >= 15 is 0 Å². The van der Waals surface area contributed by atoms with E-state index in [1.54, 1.807) is 18.9 Å². The summed E-state index contributed by atoms with van der Waals surface area (Å²) >= 11 is 1.72. The van der Waals surface area contributed by atoms with E-state index in [9.17, 15) is 0 Å². The number of hydrogen-bond donors (Lipinski definition) is 0. The molecule has 0 aliphatic heterocycles. The molecular formula is C17H16N2OS. The Morgan fingerprint density at radius 2 is 1.67 bits per heavy atom. The Balaban J connectivity index is 2.16. The van der Waals surface area contributed by atoms with E-state index in [2.05, 4.69) is 29.3 Å². The molecule has 106 valence electrons. The Morgan fingerprint density at radius 3 is 2.33 bits per heavy atom. The first-order valence-corrected chi connectivity index (χ1v) is 7.84. The average molecular weight is 296 g/mol. The van der Waals surface area contributed by atoms with Crippen LogP contribution in [0.1, 0.15) is 6.92 Å². The Bertz CT molecular complexity index is 756. The van der Waals surface area contributed by atoms with Gasteiger partial charge < -0.3 is 4.74 Å². The molecule has 2 aromatic carbocycles. The minimum Gasteiger partial charge on any atom is -0.497 e. The summed E-state index contributed by atoms with van der Waals surface area (Å²) in [5.74, 6) is 1.83. The summed E-state index contributed by atoms with van der Waals surface area (Å²) in [6.45, 7) is 2.12. The first-order valence-electron chi connectivity index (χ1n) is 6.86. The van der Waals surface area contributed by atoms with Gasteiger partial charge in [-0.25, -0.2) is 0 Å². The van der Waals surface area contributed by atoms with E-state index in [0.717, 1.165) is 38.6 Å². The molecule has 0 aliphatic rings. The average Bonchev–Trinajstić information content (AvgIpc) is 2.56. The molecule has 4 heteroatoms. The van der Waals surface area contributed by atoms with Crippen LogP contribution in [0, 0.1) is 0 Å². The number of methoxy groups -OCH3 is 1. The predicted octanol–water partition coefficient (Wildman–Crippen LogP) is 4.42. The molecule has 0 unspecified atom stereocenters. The summed E-state index contributed by atoms with van der Waals surface area (Å²) in [5, 5.41) is 12.1. The topological polar surface area (TPSA) is 35.0 Å². The van der Waals surface area contributed by atoms with E-state index in [1.807, 2.05) is 36.4 Å². The van der Waals surface area contributed by atoms with Crippen molar-refractivity contribution in [3.63, 3.8) is 0 Å². The molecule has 0 N–H and O–H groups in total. The van der Waals surface area contributed by atoms with Crippen LogP contribution in [0.3, 0.4) is 0 Å². The zero-order chi connectivity index (χ0) is 14.7. The van der Waals surface area contributed by atoms with Gasteiger partial charge in [-0.2, -0.15) is 0 Å². The number of nitrogens with zero attached hydrogens (tertiary/aromatic N) is 2. The highest BCUT2D eigenvalue weighted by Crippen LogP contribution is 2.32. The van der Waals surface area contributed by atoms with E-state index in [-0.39, 0.29) is 0 Å². The van der Waals surface area contributed by atoms with Gasteiger partial charge in [0.2, 0.25) is 0 Å². The maximum atomic E-state index is 5.20. The second kappa shape index (κ2) is 6.14. The number of hydrogen-bond acceptors (Lipinski definition) is 4. The van der Waals surface area contributed by atoms with Crippen LogP contribution in [0.25, 0.3) is 22.0 Å². The highest BCUT2D eigenvalue weighted by atomic mass is 32.2. The molecule has 3 aromatic rings. The fourth-order valence-electron chi connectivity index (χ4n) is 2.28. The summed E-state index contributed by atoms with van der Waals surface area (Å²) in [7, 11) is 1.67. The maximum Gasteiger partial charge on any atom is 0.127 e. The normalized spacial score (nSPS) is 10.8. The second-order valence-electron chi connectivity index (χ2n) is 4.56. The van der Waals surface area contributed by atoms with Crippen molar-refractivity contribution in [3.05, 3.63) is 48.5 Å². The van der Waals surface area contributed by atoms with Crippen LogP contribution >= 0.6 is 11.8 Å². The molecule has 0 aliphatic carbocycles. The predicted molar refractivity (Wildman–Crippen MR) is 87.9 cm³/mol. The van der Waals surface area contributed by atoms with Gasteiger partial charge in [0.05, 0.1) is 7.11 Å². The largest absolute Gasteiger partial charge is 0.497 e. The summed E-state index contributed by atoms with van der Waals surface area (Å²) in [5.41, 5.74) is 1.96. The van der Waals surface area contributed by atoms with Crippen LogP contribution < -0.4 is 4.74 Å². The van der Waals surface area contributed by atoms with Gasteiger partial charge in [-0.05, 0) is 30.0 Å². The number of ether oxygens (including phenoxy) is 1. The lowest BCUT2D eigenvalue weighted by Gasteiger charge is -2.09. The molecule has 0 atom stereocenters. The zero-order valence-electron chi connectivity index (χ0n) is 12.0. The summed E-state index contributed by atoms with van der Waals surface area (Å²) < 4.78 is 5.20. The van der Waals surface area contributed by atoms with Gasteiger partial charge >= 0.3 is 0 Å². The Kier molecular flexibility index (Phi) is 4.06. The molecule has 21 heavy (non-hydrogen) atoms. The first-order chi connectivity index (χ1) is 10.3. The number of rotatable bonds is 4. The van der Waals surface area contributed by atoms with Crippen molar-refractivity contribution in [3.8, 4) is 17.0 Å². The smallest absolute Gasteiger partial charge is 0.127 e. The molecule has 1 aromatic heterocycles. The van der Waals surface area contributed by atoms with Crippen molar-refractivity contribution in [1.29, 1.82) is 0 Å². The quantitative estimate of drug-likeness (QED) is 0.668. The number of thioether (sulfide) groups is 1. The molecule has 0 fully saturated rings. The van der Waals surface area contributed by atoms with Gasteiger partial charge in [0.1, 0.15) is 16.5 Å². The molecule has 0 saturated heterocycles. The fraction of sp³-hybridized carbons (Fsp3) is 0.176. The highest BCUT2D eigenvalue weighted by Gasteiger charge is 2.10. The summed E-state index contributed by atoms with van der Waals surface area (Å²) in [6, 6.07) is 16.2. The lowest BCUT2D eigenvalue weighted by molar-refractivity contribution is 0.415. The summed E-state index contributed by atoms with van der Waals surface area (Å²) in [4.78, 5) is 0. The SMILES string of the molecule is CCSc1nnc(-c2ccc(OC)cc2)c2ccccc12. The van der Waals surface area contributed by atoms with Crippen LogP contribution in [0.5, 0.6) is 5.75 Å². The summed E-state index contributed by atoms with van der Waals surface area (Å²) in [6.07, 6.45) is 0. The molecule has 1 heterocycles. The van der Waals surface area contributed by atoms with Crippen LogP contribution in [-0.4, -0.2) is 23.1 Å². The molecule has 0 amide bonds. The van der Waals surface area contributed by atoms with Gasteiger partial charge in [0, 0.05) is 16.3 Å². The van der Waals surface area contributed by atoms with E-state index in [1.165, 1.54) is 0 Å². The first kappa shape index (κ1) is 13.9. The van der Waals surface area contributed by atoms with Crippen molar-refractivity contribution < 1.29 is 4.74 Å². The van der Waals surface area contributed by atoms with Crippen LogP contribution in [0.2, 0.25) is 0 Å². The highest BCUT2D eigenvalue weighted by molar-refractivity contribution is 7.99. The molecule has 0 spiro atoms. The third-order valence-corrected chi connectivity index (χ3v) is 4.16. The van der Waals surface area contributed by atoms with Crippen molar-refractivity contribution in [1.82, 2.24) is 10.2 Å². The number of benzene rings is 2. The number of fused-ring (bicyclic) bond motifs is 1. The van der Waals surface area contributed by atoms with Crippen LogP contribution in [-0.2, 0) is 0 Å². The minimum absolute atomic E-state index is 0.842. The lowest BCUT2D eigenvalue weighted by atomic mass is 10.1. The van der Waals surface area contributed by atoms with Crippen molar-refractivity contribution in [2.75, 3.05) is 12.9 Å². The Labute approximate surface area is 128 Å². The van der Waals surface area contributed by atoms with E-state index in [0.29, 0.717) is 0 Å². The second-order valence-corrected chi connectivity index (χ2v) is 5.81. The van der Waals surface area contributed by atoms with Crippen molar-refractivity contribution in [2.45, 2.75) is 11.9 Å². The van der Waals surface area contributed by atoms with Crippen molar-refractivity contribution in [2.24, 2.45) is 0 Å². The third kappa shape index (κ3) is 2.72. The molecule has 3 nitrogen and oxygen atoms in total. The Morgan fingerprint density at radius 1 is 0.952 bits per heavy atom. The maximum absolute atomic E-state index is 5.20. The standard InChI is InChI=1S/C17H16N2OS/c1-3-21-17-15-7-5-4-6-14(15)16(18-19-17)12-8-10-13(20-2)11-9-12/h4-11H,3H2,1-2H3. The molecule has 3 rings (SSSR count). The van der Waals surface area contributed by atoms with Crippen LogP contribution in [0.4, 0.5) is 0 Å². The van der Waals surface area contributed by atoms with Gasteiger partial charge in [-0.1, -0.05) is 31.2 Å².